The van der Waals surface area contributed by atoms with Crippen molar-refractivity contribution >= 4 is 33.7 Å². The first-order valence-corrected chi connectivity index (χ1v) is 13.4. The molecule has 1 atom stereocenters. The van der Waals surface area contributed by atoms with Crippen molar-refractivity contribution in [3.05, 3.63) is 66.9 Å². The lowest BCUT2D eigenvalue weighted by atomic mass is 10.1. The standard InChI is InChI=1S/C29H30N8O3/c1-19-13-20(3-6-25(19)40-22-7-8-37-26(14-22)31-18-33-37)34-29-27-23(30-17-32-29)4-5-24-28(27)39-16-21-15-35(11-12-38-2)9-10-36(21)24/h3-8,13-14,17-18,21H,9-12,15-16H2,1-2H3,(H,30,32,34)/t21-/m1/s1. The van der Waals surface area contributed by atoms with Crippen LogP contribution in [0.15, 0.2) is 61.3 Å². The van der Waals surface area contributed by atoms with Crippen molar-refractivity contribution in [2.75, 3.05) is 56.7 Å². The Morgan fingerprint density at radius 2 is 2.00 bits per heavy atom. The number of fused-ring (bicyclic) bond motifs is 6. The van der Waals surface area contributed by atoms with E-state index in [4.69, 9.17) is 14.2 Å². The van der Waals surface area contributed by atoms with Crippen molar-refractivity contribution in [1.82, 2.24) is 29.5 Å². The number of hydrogen-bond donors (Lipinski definition) is 1. The Hall–Kier alpha value is -4.48. The number of rotatable bonds is 7. The van der Waals surface area contributed by atoms with E-state index in [0.29, 0.717) is 24.2 Å². The normalized spacial score (nSPS) is 16.9. The second kappa shape index (κ2) is 10.2. The molecule has 2 aromatic carbocycles. The molecule has 0 aliphatic carbocycles. The zero-order valence-electron chi connectivity index (χ0n) is 22.4. The van der Waals surface area contributed by atoms with E-state index in [0.717, 1.165) is 77.8 Å². The Balaban J connectivity index is 1.14. The molecule has 11 nitrogen and oxygen atoms in total. The third-order valence-electron chi connectivity index (χ3n) is 7.56. The molecule has 3 aromatic heterocycles. The van der Waals surface area contributed by atoms with Gasteiger partial charge in [0.2, 0.25) is 0 Å². The number of anilines is 3. The molecule has 7 rings (SSSR count). The molecule has 1 N–H and O–H groups in total. The molecule has 1 saturated heterocycles. The highest BCUT2D eigenvalue weighted by molar-refractivity contribution is 6.00. The lowest BCUT2D eigenvalue weighted by Gasteiger charge is -2.45. The summed E-state index contributed by atoms with van der Waals surface area (Å²) < 4.78 is 19.5. The van der Waals surface area contributed by atoms with Crippen LogP contribution in [-0.4, -0.2) is 82.0 Å². The van der Waals surface area contributed by atoms with Crippen LogP contribution >= 0.6 is 0 Å². The van der Waals surface area contributed by atoms with Crippen LogP contribution in [0, 0.1) is 6.92 Å². The quantitative estimate of drug-likeness (QED) is 0.327. The Labute approximate surface area is 231 Å². The number of piperazine rings is 1. The molecule has 2 aliphatic heterocycles. The number of aromatic nitrogens is 5. The van der Waals surface area contributed by atoms with Crippen molar-refractivity contribution in [1.29, 1.82) is 0 Å². The van der Waals surface area contributed by atoms with Gasteiger partial charge < -0.3 is 24.4 Å². The maximum atomic E-state index is 6.42. The second-order valence-corrected chi connectivity index (χ2v) is 10.1. The molecule has 5 aromatic rings. The average Bonchev–Trinajstić information content (AvgIpc) is 3.45. The van der Waals surface area contributed by atoms with Crippen LogP contribution in [-0.2, 0) is 4.74 Å². The minimum atomic E-state index is 0.303. The highest BCUT2D eigenvalue weighted by Crippen LogP contribution is 2.43. The van der Waals surface area contributed by atoms with Gasteiger partial charge in [-0.15, -0.1) is 0 Å². The van der Waals surface area contributed by atoms with Gasteiger partial charge in [-0.25, -0.2) is 19.5 Å². The number of nitrogens with one attached hydrogen (secondary N) is 1. The fourth-order valence-electron chi connectivity index (χ4n) is 5.53. The van der Waals surface area contributed by atoms with E-state index < -0.39 is 0 Å². The largest absolute Gasteiger partial charge is 0.488 e. The molecule has 5 heterocycles. The Morgan fingerprint density at radius 3 is 2.90 bits per heavy atom. The smallest absolute Gasteiger partial charge is 0.158 e. The maximum Gasteiger partial charge on any atom is 0.158 e. The predicted molar refractivity (Wildman–Crippen MR) is 152 cm³/mol. The molecule has 0 bridgehead atoms. The van der Waals surface area contributed by atoms with Gasteiger partial charge in [-0.3, -0.25) is 4.90 Å². The first-order chi connectivity index (χ1) is 19.7. The molecule has 0 unspecified atom stereocenters. The zero-order chi connectivity index (χ0) is 27.1. The molecule has 0 saturated carbocycles. The molecule has 0 amide bonds. The van der Waals surface area contributed by atoms with E-state index in [9.17, 15) is 0 Å². The lowest BCUT2D eigenvalue weighted by molar-refractivity contribution is 0.119. The summed E-state index contributed by atoms with van der Waals surface area (Å²) in [6, 6.07) is 14.2. The summed E-state index contributed by atoms with van der Waals surface area (Å²) in [5.74, 6) is 3.01. The topological polar surface area (TPSA) is 102 Å². The summed E-state index contributed by atoms with van der Waals surface area (Å²) in [6.45, 7) is 7.21. The molecule has 0 radical (unpaired) electrons. The van der Waals surface area contributed by atoms with Crippen LogP contribution in [0.5, 0.6) is 17.2 Å². The van der Waals surface area contributed by atoms with Gasteiger partial charge in [-0.2, -0.15) is 5.10 Å². The van der Waals surface area contributed by atoms with E-state index >= 15 is 0 Å². The van der Waals surface area contributed by atoms with E-state index in [1.54, 1.807) is 18.0 Å². The van der Waals surface area contributed by atoms with Gasteiger partial charge in [0.1, 0.15) is 36.6 Å². The molecule has 40 heavy (non-hydrogen) atoms. The van der Waals surface area contributed by atoms with Gasteiger partial charge in [0.15, 0.2) is 11.4 Å². The predicted octanol–water partition coefficient (Wildman–Crippen LogP) is 4.05. The van der Waals surface area contributed by atoms with Gasteiger partial charge in [-0.1, -0.05) is 0 Å². The minimum absolute atomic E-state index is 0.303. The molecule has 204 valence electrons. The molecular weight excluding hydrogens is 508 g/mol. The van der Waals surface area contributed by atoms with E-state index in [-0.39, 0.29) is 0 Å². The van der Waals surface area contributed by atoms with E-state index in [1.165, 1.54) is 6.33 Å². The van der Waals surface area contributed by atoms with Crippen LogP contribution in [0.4, 0.5) is 17.2 Å². The molecule has 2 aliphatic rings. The summed E-state index contributed by atoms with van der Waals surface area (Å²) in [7, 11) is 1.75. The van der Waals surface area contributed by atoms with Crippen molar-refractivity contribution in [2.45, 2.75) is 13.0 Å². The molecule has 0 spiro atoms. The third kappa shape index (κ3) is 4.52. The van der Waals surface area contributed by atoms with Gasteiger partial charge in [0.05, 0.1) is 29.2 Å². The Bertz CT molecular complexity index is 1690. The van der Waals surface area contributed by atoms with Crippen molar-refractivity contribution in [3.63, 3.8) is 0 Å². The average molecular weight is 539 g/mol. The van der Waals surface area contributed by atoms with Crippen molar-refractivity contribution in [3.8, 4) is 17.2 Å². The summed E-state index contributed by atoms with van der Waals surface area (Å²) >= 11 is 0. The highest BCUT2D eigenvalue weighted by Gasteiger charge is 2.34. The monoisotopic (exact) mass is 538 g/mol. The second-order valence-electron chi connectivity index (χ2n) is 10.1. The summed E-state index contributed by atoms with van der Waals surface area (Å²) in [6.07, 6.45) is 4.93. The SMILES string of the molecule is COCCN1CCN2c3ccc4ncnc(Nc5ccc(Oc6ccn7ncnc7c6)c(C)c5)c4c3OC[C@H]2C1. The third-order valence-corrected chi connectivity index (χ3v) is 7.56. The lowest BCUT2D eigenvalue weighted by Crippen LogP contribution is -2.57. The number of hydrogen-bond acceptors (Lipinski definition) is 10. The number of benzene rings is 2. The van der Waals surface area contributed by atoms with Crippen LogP contribution in [0.25, 0.3) is 16.6 Å². The number of aryl methyl sites for hydroxylation is 1. The first-order valence-electron chi connectivity index (χ1n) is 13.4. The van der Waals surface area contributed by atoms with Crippen LogP contribution < -0.4 is 19.7 Å². The van der Waals surface area contributed by atoms with Gasteiger partial charge in [0, 0.05) is 51.2 Å². The summed E-state index contributed by atoms with van der Waals surface area (Å²) in [4.78, 5) is 18.3. The number of pyridine rings is 1. The van der Waals surface area contributed by atoms with Crippen LogP contribution in [0.1, 0.15) is 5.56 Å². The Morgan fingerprint density at radius 1 is 1.05 bits per heavy atom. The highest BCUT2D eigenvalue weighted by atomic mass is 16.5. The van der Waals surface area contributed by atoms with Crippen LogP contribution in [0.3, 0.4) is 0 Å². The van der Waals surface area contributed by atoms with Crippen LogP contribution in [0.2, 0.25) is 0 Å². The van der Waals surface area contributed by atoms with E-state index in [1.807, 2.05) is 43.5 Å². The minimum Gasteiger partial charge on any atom is -0.488 e. The Kier molecular flexibility index (Phi) is 6.29. The van der Waals surface area contributed by atoms with E-state index in [2.05, 4.69) is 47.3 Å². The van der Waals surface area contributed by atoms with Crippen molar-refractivity contribution in [2.24, 2.45) is 0 Å². The first kappa shape index (κ1) is 24.6. The van der Waals surface area contributed by atoms with Gasteiger partial charge in [0.25, 0.3) is 0 Å². The summed E-state index contributed by atoms with van der Waals surface area (Å²) in [5.41, 5.74) is 4.55. The zero-order valence-corrected chi connectivity index (χ0v) is 22.4. The van der Waals surface area contributed by atoms with Gasteiger partial charge >= 0.3 is 0 Å². The molecule has 11 heteroatoms. The molecule has 1 fully saturated rings. The summed E-state index contributed by atoms with van der Waals surface area (Å²) in [5, 5.41) is 8.52. The fourth-order valence-corrected chi connectivity index (χ4v) is 5.53. The number of methoxy groups -OCH3 is 1. The number of nitrogens with zero attached hydrogens (tertiary/aromatic N) is 7. The maximum absolute atomic E-state index is 6.42. The number of ether oxygens (including phenoxy) is 3. The molecular formula is C29H30N8O3. The fraction of sp³-hybridized carbons (Fsp3) is 0.310. The van der Waals surface area contributed by atoms with Crippen molar-refractivity contribution < 1.29 is 14.2 Å². The van der Waals surface area contributed by atoms with Gasteiger partial charge in [-0.05, 0) is 48.9 Å².